The molecule has 7 heteroatoms. The van der Waals surface area contributed by atoms with E-state index in [1.807, 2.05) is 0 Å². The van der Waals surface area contributed by atoms with Crippen LogP contribution in [0.25, 0.3) is 0 Å². The maximum atomic E-state index is 13.6. The smallest absolute Gasteiger partial charge is 0.258 e. The second kappa shape index (κ2) is 5.42. The fourth-order valence-corrected chi connectivity index (χ4v) is 1.73. The molecule has 0 spiro atoms. The lowest BCUT2D eigenvalue weighted by molar-refractivity contribution is 0.102. The number of amides is 1. The van der Waals surface area contributed by atoms with Crippen molar-refractivity contribution in [2.45, 2.75) is 6.92 Å². The van der Waals surface area contributed by atoms with E-state index in [1.54, 1.807) is 0 Å². The van der Waals surface area contributed by atoms with E-state index in [0.717, 1.165) is 12.1 Å². The minimum absolute atomic E-state index is 0.0328. The first-order chi connectivity index (χ1) is 9.38. The summed E-state index contributed by atoms with van der Waals surface area (Å²) < 4.78 is 27.0. The number of pyridine rings is 1. The van der Waals surface area contributed by atoms with E-state index in [2.05, 4.69) is 10.3 Å². The van der Waals surface area contributed by atoms with Crippen LogP contribution < -0.4 is 11.1 Å². The molecule has 104 valence electrons. The van der Waals surface area contributed by atoms with Crippen LogP contribution in [0.1, 0.15) is 15.9 Å². The molecule has 0 aliphatic carbocycles. The van der Waals surface area contributed by atoms with E-state index in [0.29, 0.717) is 0 Å². The Morgan fingerprint density at radius 2 is 2.00 bits per heavy atom. The zero-order valence-corrected chi connectivity index (χ0v) is 11.1. The molecule has 1 aromatic heterocycles. The van der Waals surface area contributed by atoms with Gasteiger partial charge in [0, 0.05) is 6.07 Å². The number of hydrogen-bond donors (Lipinski definition) is 2. The maximum Gasteiger partial charge on any atom is 0.258 e. The first-order valence-corrected chi connectivity index (χ1v) is 5.94. The summed E-state index contributed by atoms with van der Waals surface area (Å²) in [6, 6.07) is 3.14. The normalized spacial score (nSPS) is 10.4. The molecule has 0 aliphatic rings. The van der Waals surface area contributed by atoms with E-state index in [9.17, 15) is 13.6 Å². The summed E-state index contributed by atoms with van der Waals surface area (Å²) in [7, 11) is 0. The van der Waals surface area contributed by atoms with Gasteiger partial charge in [0.25, 0.3) is 5.91 Å². The van der Waals surface area contributed by atoms with Crippen LogP contribution in [0, 0.1) is 18.6 Å². The lowest BCUT2D eigenvalue weighted by Gasteiger charge is -2.09. The number of benzene rings is 1. The van der Waals surface area contributed by atoms with Gasteiger partial charge in [0.15, 0.2) is 0 Å². The van der Waals surface area contributed by atoms with Gasteiger partial charge in [-0.15, -0.1) is 0 Å². The lowest BCUT2D eigenvalue weighted by atomic mass is 10.1. The van der Waals surface area contributed by atoms with E-state index < -0.39 is 17.5 Å². The number of halogens is 3. The second-order valence-electron chi connectivity index (χ2n) is 4.13. The minimum Gasteiger partial charge on any atom is -0.397 e. The summed E-state index contributed by atoms with van der Waals surface area (Å²) in [6.45, 7) is 1.42. The van der Waals surface area contributed by atoms with Crippen LogP contribution in [0.2, 0.25) is 5.15 Å². The molecule has 0 atom stereocenters. The number of nitrogen functional groups attached to an aromatic ring is 1. The fraction of sp³-hybridized carbons (Fsp3) is 0.0769. The number of rotatable bonds is 2. The molecule has 2 aromatic rings. The Bertz CT molecular complexity index is 692. The Balaban J connectivity index is 2.32. The number of nitrogens with zero attached hydrogens (tertiary/aromatic N) is 1. The molecule has 4 nitrogen and oxygen atoms in total. The summed E-state index contributed by atoms with van der Waals surface area (Å²) in [5.74, 6) is -2.06. The molecule has 1 amide bonds. The van der Waals surface area contributed by atoms with Crippen molar-refractivity contribution in [2.75, 3.05) is 11.1 Å². The van der Waals surface area contributed by atoms with Gasteiger partial charge in [-0.25, -0.2) is 13.8 Å². The molecular weight excluding hydrogens is 288 g/mol. The summed E-state index contributed by atoms with van der Waals surface area (Å²) in [6.07, 6.45) is 1.21. The highest BCUT2D eigenvalue weighted by Gasteiger charge is 2.15. The first-order valence-electron chi connectivity index (χ1n) is 5.56. The van der Waals surface area contributed by atoms with Gasteiger partial charge in [-0.3, -0.25) is 4.79 Å². The van der Waals surface area contributed by atoms with Gasteiger partial charge < -0.3 is 11.1 Å². The average molecular weight is 298 g/mol. The molecule has 3 N–H and O–H groups in total. The predicted octanol–water partition coefficient (Wildman–Crippen LogP) is 3.16. The zero-order valence-electron chi connectivity index (χ0n) is 10.4. The van der Waals surface area contributed by atoms with Crippen molar-refractivity contribution in [3.8, 4) is 0 Å². The fourth-order valence-electron chi connectivity index (χ4n) is 1.57. The van der Waals surface area contributed by atoms with Crippen LogP contribution >= 0.6 is 11.6 Å². The summed E-state index contributed by atoms with van der Waals surface area (Å²) in [5.41, 5.74) is 5.57. The molecule has 0 aliphatic heterocycles. The topological polar surface area (TPSA) is 68.0 Å². The van der Waals surface area contributed by atoms with Crippen molar-refractivity contribution in [3.63, 3.8) is 0 Å². The molecule has 0 saturated carbocycles. The van der Waals surface area contributed by atoms with Gasteiger partial charge in [0.2, 0.25) is 0 Å². The minimum atomic E-state index is -0.740. The number of hydrogen-bond acceptors (Lipinski definition) is 3. The third-order valence-electron chi connectivity index (χ3n) is 2.64. The summed E-state index contributed by atoms with van der Waals surface area (Å²) >= 11 is 5.66. The number of nitrogens with two attached hydrogens (primary N) is 1. The molecule has 1 heterocycles. The Hall–Kier alpha value is -2.21. The lowest BCUT2D eigenvalue weighted by Crippen LogP contribution is -2.15. The van der Waals surface area contributed by atoms with Crippen molar-refractivity contribution in [1.82, 2.24) is 4.98 Å². The summed E-state index contributed by atoms with van der Waals surface area (Å²) in [5, 5.41) is 2.31. The van der Waals surface area contributed by atoms with Gasteiger partial charge in [-0.05, 0) is 24.6 Å². The number of aryl methyl sites for hydroxylation is 1. The molecule has 2 rings (SSSR count). The van der Waals surface area contributed by atoms with Crippen LogP contribution in [-0.4, -0.2) is 10.9 Å². The second-order valence-corrected chi connectivity index (χ2v) is 4.52. The molecular formula is C13H10ClF2N3O. The van der Waals surface area contributed by atoms with E-state index in [-0.39, 0.29) is 27.7 Å². The molecule has 0 saturated heterocycles. The Kier molecular flexibility index (Phi) is 3.85. The van der Waals surface area contributed by atoms with Crippen molar-refractivity contribution < 1.29 is 13.6 Å². The van der Waals surface area contributed by atoms with Crippen molar-refractivity contribution in [1.29, 1.82) is 0 Å². The Labute approximate surface area is 118 Å². The van der Waals surface area contributed by atoms with Gasteiger partial charge in [0.1, 0.15) is 16.8 Å². The largest absolute Gasteiger partial charge is 0.397 e. The van der Waals surface area contributed by atoms with E-state index >= 15 is 0 Å². The molecule has 20 heavy (non-hydrogen) atoms. The van der Waals surface area contributed by atoms with Gasteiger partial charge in [0.05, 0.1) is 23.1 Å². The van der Waals surface area contributed by atoms with Crippen LogP contribution in [0.5, 0.6) is 0 Å². The highest BCUT2D eigenvalue weighted by molar-refractivity contribution is 6.30. The van der Waals surface area contributed by atoms with Crippen LogP contribution in [0.15, 0.2) is 24.4 Å². The van der Waals surface area contributed by atoms with Crippen molar-refractivity contribution in [2.24, 2.45) is 0 Å². The van der Waals surface area contributed by atoms with E-state index in [4.69, 9.17) is 17.3 Å². The Morgan fingerprint density at radius 3 is 2.70 bits per heavy atom. The monoisotopic (exact) mass is 297 g/mol. The number of nitrogens with one attached hydrogen (secondary N) is 1. The van der Waals surface area contributed by atoms with E-state index in [1.165, 1.54) is 19.2 Å². The summed E-state index contributed by atoms with van der Waals surface area (Å²) in [4.78, 5) is 15.7. The van der Waals surface area contributed by atoms with Crippen molar-refractivity contribution >= 4 is 28.9 Å². The van der Waals surface area contributed by atoms with Crippen LogP contribution in [0.3, 0.4) is 0 Å². The Morgan fingerprint density at radius 1 is 1.30 bits per heavy atom. The van der Waals surface area contributed by atoms with Gasteiger partial charge in [-0.1, -0.05) is 11.6 Å². The third-order valence-corrected chi connectivity index (χ3v) is 2.85. The standard InChI is InChI=1S/C13H10ClF2N3O/c1-6-2-9(16)11(4-8(6)15)19-13(20)7-3-12(14)18-5-10(7)17/h2-5H,17H2,1H3,(H,19,20). The molecule has 0 radical (unpaired) electrons. The molecule has 0 unspecified atom stereocenters. The SMILES string of the molecule is Cc1cc(F)c(NC(=O)c2cc(Cl)ncc2N)cc1F. The maximum absolute atomic E-state index is 13.6. The molecule has 1 aromatic carbocycles. The zero-order chi connectivity index (χ0) is 14.9. The average Bonchev–Trinajstić information content (AvgIpc) is 2.38. The third kappa shape index (κ3) is 2.85. The number of carbonyl (C=O) groups is 1. The highest BCUT2D eigenvalue weighted by atomic mass is 35.5. The number of carbonyl (C=O) groups excluding carboxylic acids is 1. The van der Waals surface area contributed by atoms with Gasteiger partial charge in [-0.2, -0.15) is 0 Å². The van der Waals surface area contributed by atoms with Crippen LogP contribution in [-0.2, 0) is 0 Å². The molecule has 0 fully saturated rings. The number of aromatic nitrogens is 1. The number of anilines is 2. The van der Waals surface area contributed by atoms with Crippen LogP contribution in [0.4, 0.5) is 20.2 Å². The van der Waals surface area contributed by atoms with Crippen molar-refractivity contribution in [3.05, 3.63) is 52.3 Å². The first kappa shape index (κ1) is 14.2. The highest BCUT2D eigenvalue weighted by Crippen LogP contribution is 2.21. The molecule has 0 bridgehead atoms. The quantitative estimate of drug-likeness (QED) is 0.837. The predicted molar refractivity (Wildman–Crippen MR) is 72.7 cm³/mol. The van der Waals surface area contributed by atoms with Gasteiger partial charge >= 0.3 is 0 Å².